The second kappa shape index (κ2) is 12.4. The van der Waals surface area contributed by atoms with Gasteiger partial charge in [-0.15, -0.1) is 11.3 Å². The molecule has 3 atom stereocenters. The second-order valence-electron chi connectivity index (χ2n) is 9.07. The van der Waals surface area contributed by atoms with Crippen LogP contribution in [0.4, 0.5) is 8.78 Å². The molecule has 5 nitrogen and oxygen atoms in total. The van der Waals surface area contributed by atoms with E-state index in [-0.39, 0.29) is 12.5 Å². The minimum Gasteiger partial charge on any atom is -0.465 e. The Balaban J connectivity index is 1.51. The Morgan fingerprint density at radius 1 is 1.23 bits per heavy atom. The number of rotatable bonds is 12. The Morgan fingerprint density at radius 2 is 1.97 bits per heavy atom. The standard InChI is InChI=1S/C27H33F2NO4S/c1-19(8-6-11-20-9-4-3-5-10-20)23(31)15-13-21-18-27(28,29)26(33)30(21)17-7-12-22-14-16-24(35-22)25(32)34-2/h3-5,9-10,13-16,19,21,23,31H,6-8,11-12,17-18H2,1-2H3/t19-,21?,23-/m0/s1. The molecule has 1 aromatic heterocycles. The molecular weight excluding hydrogens is 472 g/mol. The number of carbonyl (C=O) groups excluding carboxylic acids is 2. The number of aliphatic hydroxyl groups excluding tert-OH is 1. The lowest BCUT2D eigenvalue weighted by molar-refractivity contribution is -0.148. The van der Waals surface area contributed by atoms with Crippen molar-refractivity contribution in [3.8, 4) is 0 Å². The molecule has 2 aromatic rings. The number of aliphatic hydroxyl groups is 1. The van der Waals surface area contributed by atoms with Gasteiger partial charge >= 0.3 is 11.9 Å². The molecule has 0 bridgehead atoms. The zero-order chi connectivity index (χ0) is 25.4. The van der Waals surface area contributed by atoms with Crippen LogP contribution in [0.1, 0.15) is 52.7 Å². The number of likely N-dealkylation sites (tertiary alicyclic amines) is 1. The Kier molecular flexibility index (Phi) is 9.57. The molecule has 1 aliphatic heterocycles. The van der Waals surface area contributed by atoms with Crippen LogP contribution in [0.2, 0.25) is 0 Å². The molecule has 1 amide bonds. The van der Waals surface area contributed by atoms with Crippen LogP contribution < -0.4 is 0 Å². The summed E-state index contributed by atoms with van der Waals surface area (Å²) in [5, 5.41) is 10.5. The highest BCUT2D eigenvalue weighted by Crippen LogP contribution is 2.34. The van der Waals surface area contributed by atoms with Gasteiger partial charge < -0.3 is 14.7 Å². The normalized spacial score (nSPS) is 19.3. The van der Waals surface area contributed by atoms with Crippen molar-refractivity contribution >= 4 is 23.2 Å². The van der Waals surface area contributed by atoms with Gasteiger partial charge in [-0.2, -0.15) is 8.78 Å². The van der Waals surface area contributed by atoms with Gasteiger partial charge in [0.15, 0.2) is 0 Å². The molecule has 2 heterocycles. The molecule has 8 heteroatoms. The van der Waals surface area contributed by atoms with Gasteiger partial charge in [0.05, 0.1) is 19.3 Å². The number of esters is 1. The van der Waals surface area contributed by atoms with Gasteiger partial charge in [0, 0.05) is 17.8 Å². The number of hydrogen-bond acceptors (Lipinski definition) is 5. The summed E-state index contributed by atoms with van der Waals surface area (Å²) in [5.74, 6) is -5.00. The van der Waals surface area contributed by atoms with E-state index in [0.717, 1.165) is 24.1 Å². The zero-order valence-corrected chi connectivity index (χ0v) is 21.0. The summed E-state index contributed by atoms with van der Waals surface area (Å²) in [6.45, 7) is 2.12. The molecule has 1 saturated heterocycles. The topological polar surface area (TPSA) is 66.8 Å². The number of amides is 1. The van der Waals surface area contributed by atoms with Crippen molar-refractivity contribution in [3.05, 3.63) is 69.9 Å². The van der Waals surface area contributed by atoms with E-state index >= 15 is 0 Å². The van der Waals surface area contributed by atoms with Crippen LogP contribution in [-0.2, 0) is 22.4 Å². The molecular formula is C27H33F2NO4S. The van der Waals surface area contributed by atoms with Crippen molar-refractivity contribution in [1.82, 2.24) is 4.90 Å². The van der Waals surface area contributed by atoms with Crippen molar-refractivity contribution in [2.45, 2.75) is 63.5 Å². The maximum atomic E-state index is 14.2. The highest BCUT2D eigenvalue weighted by molar-refractivity contribution is 7.13. The van der Waals surface area contributed by atoms with Gasteiger partial charge in [-0.1, -0.05) is 49.4 Å². The molecule has 35 heavy (non-hydrogen) atoms. The molecule has 1 aromatic carbocycles. The Labute approximate surface area is 209 Å². The molecule has 1 aliphatic rings. The van der Waals surface area contributed by atoms with Crippen molar-refractivity contribution in [2.24, 2.45) is 5.92 Å². The molecule has 0 spiro atoms. The van der Waals surface area contributed by atoms with Crippen LogP contribution in [0.5, 0.6) is 0 Å². The van der Waals surface area contributed by atoms with Crippen LogP contribution in [0.3, 0.4) is 0 Å². The number of ether oxygens (including phenoxy) is 1. The van der Waals surface area contributed by atoms with E-state index in [1.54, 1.807) is 18.2 Å². The average Bonchev–Trinajstić information content (AvgIpc) is 3.40. The zero-order valence-electron chi connectivity index (χ0n) is 20.2. The van der Waals surface area contributed by atoms with E-state index in [1.807, 2.05) is 31.2 Å². The predicted molar refractivity (Wildman–Crippen MR) is 133 cm³/mol. The van der Waals surface area contributed by atoms with Crippen molar-refractivity contribution < 1.29 is 28.2 Å². The summed E-state index contributed by atoms with van der Waals surface area (Å²) in [5.41, 5.74) is 1.25. The fraction of sp³-hybridized carbons (Fsp3) is 0.481. The minimum atomic E-state index is -3.40. The minimum absolute atomic E-state index is 0.0242. The molecule has 1 fully saturated rings. The summed E-state index contributed by atoms with van der Waals surface area (Å²) in [4.78, 5) is 26.5. The lowest BCUT2D eigenvalue weighted by atomic mass is 9.95. The maximum absolute atomic E-state index is 14.2. The van der Waals surface area contributed by atoms with Crippen molar-refractivity contribution in [2.75, 3.05) is 13.7 Å². The number of thiophene rings is 1. The number of hydrogen-bond donors (Lipinski definition) is 1. The van der Waals surface area contributed by atoms with Gasteiger partial charge in [-0.05, 0) is 55.7 Å². The van der Waals surface area contributed by atoms with E-state index in [2.05, 4.69) is 12.1 Å². The number of halogens is 2. The highest BCUT2D eigenvalue weighted by atomic mass is 32.1. The Hall–Kier alpha value is -2.58. The van der Waals surface area contributed by atoms with Crippen molar-refractivity contribution in [3.63, 3.8) is 0 Å². The first-order valence-electron chi connectivity index (χ1n) is 12.0. The SMILES string of the molecule is COC(=O)c1ccc(CCCN2C(=O)C(F)(F)CC2C=C[C@H](O)[C@@H](C)CCCc2ccccc2)s1. The van der Waals surface area contributed by atoms with Crippen LogP contribution in [-0.4, -0.2) is 53.6 Å². The van der Waals surface area contributed by atoms with Crippen LogP contribution in [0.25, 0.3) is 0 Å². The fourth-order valence-corrected chi connectivity index (χ4v) is 5.25. The molecule has 1 N–H and O–H groups in total. The highest BCUT2D eigenvalue weighted by Gasteiger charge is 2.52. The fourth-order valence-electron chi connectivity index (χ4n) is 4.28. The molecule has 0 saturated carbocycles. The van der Waals surface area contributed by atoms with E-state index in [1.165, 1.54) is 28.9 Å². The molecule has 0 radical (unpaired) electrons. The summed E-state index contributed by atoms with van der Waals surface area (Å²) >= 11 is 1.30. The monoisotopic (exact) mass is 505 g/mol. The van der Waals surface area contributed by atoms with Crippen LogP contribution in [0, 0.1) is 5.92 Å². The smallest absolute Gasteiger partial charge is 0.348 e. The third-order valence-corrected chi connectivity index (χ3v) is 7.52. The molecule has 0 aliphatic carbocycles. The van der Waals surface area contributed by atoms with Gasteiger partial charge in [0.2, 0.25) is 0 Å². The van der Waals surface area contributed by atoms with Gasteiger partial charge in [-0.25, -0.2) is 4.79 Å². The van der Waals surface area contributed by atoms with E-state index in [4.69, 9.17) is 4.74 Å². The Bertz CT molecular complexity index is 1010. The summed E-state index contributed by atoms with van der Waals surface area (Å²) in [6, 6.07) is 12.9. The summed E-state index contributed by atoms with van der Waals surface area (Å²) in [7, 11) is 1.32. The molecule has 3 rings (SSSR count). The number of aryl methyl sites for hydroxylation is 2. The second-order valence-corrected chi connectivity index (χ2v) is 10.2. The maximum Gasteiger partial charge on any atom is 0.348 e. The number of methoxy groups -OCH3 is 1. The van der Waals surface area contributed by atoms with E-state index in [9.17, 15) is 23.5 Å². The first-order chi connectivity index (χ1) is 16.7. The molecule has 190 valence electrons. The quantitative estimate of drug-likeness (QED) is 0.315. The first-order valence-corrected chi connectivity index (χ1v) is 12.8. The predicted octanol–water partition coefficient (Wildman–Crippen LogP) is 5.28. The van der Waals surface area contributed by atoms with Crippen LogP contribution >= 0.6 is 11.3 Å². The largest absolute Gasteiger partial charge is 0.465 e. The summed E-state index contributed by atoms with van der Waals surface area (Å²) < 4.78 is 33.1. The third-order valence-electron chi connectivity index (χ3n) is 6.39. The number of nitrogens with zero attached hydrogens (tertiary/aromatic N) is 1. The van der Waals surface area contributed by atoms with Gasteiger partial charge in [0.1, 0.15) is 4.88 Å². The lowest BCUT2D eigenvalue weighted by Gasteiger charge is -2.22. The summed E-state index contributed by atoms with van der Waals surface area (Å²) in [6.07, 6.45) is 5.47. The van der Waals surface area contributed by atoms with E-state index in [0.29, 0.717) is 17.7 Å². The van der Waals surface area contributed by atoms with Gasteiger partial charge in [0.25, 0.3) is 5.91 Å². The number of benzene rings is 1. The van der Waals surface area contributed by atoms with Crippen LogP contribution in [0.15, 0.2) is 54.6 Å². The first kappa shape index (κ1) is 27.0. The average molecular weight is 506 g/mol. The van der Waals surface area contributed by atoms with E-state index < -0.39 is 36.4 Å². The number of carbonyl (C=O) groups is 2. The Morgan fingerprint density at radius 3 is 2.69 bits per heavy atom. The lowest BCUT2D eigenvalue weighted by Crippen LogP contribution is -2.36. The molecule has 1 unspecified atom stereocenters. The number of alkyl halides is 2. The van der Waals surface area contributed by atoms with Crippen molar-refractivity contribution in [1.29, 1.82) is 0 Å². The van der Waals surface area contributed by atoms with Gasteiger partial charge in [-0.3, -0.25) is 4.79 Å². The third kappa shape index (κ3) is 7.45.